The van der Waals surface area contributed by atoms with E-state index in [0.717, 1.165) is 99.5 Å². The molecule has 762 valence electrons. The molecule has 8 aliphatic carbocycles. The molecule has 0 aliphatic heterocycles. The van der Waals surface area contributed by atoms with Crippen LogP contribution in [0.1, 0.15) is 400 Å². The Labute approximate surface area is 921 Å². The average molecular weight is 2360 g/mol. The molecule has 16 rings (SSSR count). The number of hydrogen-bond donors (Lipinski definition) is 0. The van der Waals surface area contributed by atoms with Gasteiger partial charge in [0.05, 0.1) is 7.11 Å². The van der Waals surface area contributed by atoms with Gasteiger partial charge in [-0.2, -0.15) is 0 Å². The third-order valence-electron chi connectivity index (χ3n) is 28.4. The van der Waals surface area contributed by atoms with Crippen molar-refractivity contribution in [1.29, 1.82) is 0 Å². The van der Waals surface area contributed by atoms with E-state index in [-0.39, 0.29) is 83.5 Å². The van der Waals surface area contributed by atoms with Gasteiger partial charge in [0.2, 0.25) is 0 Å². The number of methoxy groups -OCH3 is 1. The van der Waals surface area contributed by atoms with Crippen LogP contribution in [0.15, 0.2) is 170 Å². The van der Waals surface area contributed by atoms with Gasteiger partial charge in [-0.15, -0.1) is 0 Å². The fourth-order valence-electron chi connectivity index (χ4n) is 20.6. The fourth-order valence-corrected chi connectivity index (χ4v) is 20.7. The maximum absolute atomic E-state index is 12.7. The predicted octanol–water partition coefficient (Wildman–Crippen LogP) is 44.0. The van der Waals surface area contributed by atoms with Gasteiger partial charge in [-0.25, -0.2) is 4.39 Å². The van der Waals surface area contributed by atoms with E-state index in [0.29, 0.717) is 5.92 Å². The van der Waals surface area contributed by atoms with E-state index in [4.69, 9.17) is 84.4 Å². The van der Waals surface area contributed by atoms with Crippen LogP contribution in [0.2, 0.25) is 5.02 Å². The van der Waals surface area contributed by atoms with Crippen molar-refractivity contribution in [2.24, 2.45) is 47.3 Å². The monoisotopic (exact) mass is 2350 g/mol. The first-order chi connectivity index (χ1) is 60.3. The molecule has 16 unspecified atom stereocenters. The van der Waals surface area contributed by atoms with E-state index >= 15 is 0 Å². The zero-order valence-electron chi connectivity index (χ0n) is 89.6. The molecule has 8 fully saturated rings. The van der Waals surface area contributed by atoms with E-state index in [2.05, 4.69) is 279 Å². The summed E-state index contributed by atoms with van der Waals surface area (Å²) in [6.07, 6.45) is 33.0. The zero-order valence-corrected chi connectivity index (χ0v) is 106. The summed E-state index contributed by atoms with van der Waals surface area (Å²) in [5.74, 6) is 14.6. The van der Waals surface area contributed by atoms with Gasteiger partial charge in [0.1, 0.15) is 11.6 Å². The van der Waals surface area contributed by atoms with E-state index < -0.39 is 83.4 Å². The average Bonchev–Trinajstić information content (AvgIpc) is 1.54. The Morgan fingerprint density at radius 2 is 0.434 bits per heavy atom. The molecule has 8 saturated carbocycles. The summed E-state index contributed by atoms with van der Waals surface area (Å²) in [6.45, 7) is 47.9. The summed E-state index contributed by atoms with van der Waals surface area (Å²) in [5.41, 5.74) is 25.2. The molecule has 1 nitrogen and oxygen atoms in total. The van der Waals surface area contributed by atoms with Crippen LogP contribution in [0.25, 0.3) is 0 Å². The van der Waals surface area contributed by atoms with Crippen molar-refractivity contribution in [2.45, 2.75) is 365 Å². The Hall–Kier alpha value is -0.368. The molecule has 0 aromatic heterocycles. The molecule has 0 saturated heterocycles. The maximum atomic E-state index is 12.7. The van der Waals surface area contributed by atoms with Crippen LogP contribution in [0.5, 0.6) is 5.75 Å². The summed E-state index contributed by atoms with van der Waals surface area (Å²) < 4.78 is 18.1. The molecule has 0 heterocycles. The van der Waals surface area contributed by atoms with Crippen LogP contribution in [0.3, 0.4) is 0 Å². The van der Waals surface area contributed by atoms with Crippen molar-refractivity contribution in [2.75, 3.05) is 7.11 Å². The van der Waals surface area contributed by atoms with Crippen LogP contribution in [-0.2, 0) is 94.2 Å². The van der Waals surface area contributed by atoms with Crippen molar-refractivity contribution in [3.05, 3.63) is 335 Å². The number of halogens is 10. The van der Waals surface area contributed by atoms with E-state index in [9.17, 15) is 4.39 Å². The molecule has 0 radical (unpaired) electrons. The Morgan fingerprint density at radius 3 is 0.610 bits per heavy atom. The third kappa shape index (κ3) is 53.5. The minimum absolute atomic E-state index is 0. The van der Waals surface area contributed by atoms with Gasteiger partial charge in [-0.3, -0.25) is 0 Å². The van der Waals surface area contributed by atoms with Gasteiger partial charge in [-0.1, -0.05) is 324 Å². The number of ether oxygens (including phenoxy) is 1. The van der Waals surface area contributed by atoms with Crippen LogP contribution in [0, 0.1) is 161 Å². The SMILES string of the molecule is C.CC1CCC(c2ccc(C(C)(C)C)cc2)C1.CC1CCC(c2ccc(C(C)(C)C)cc2)C1.CC1CCC(c2ccc(Cl)cc2)C1.CC1CCC(c2ccc(F)cc2)C1.COc1c(C)cc(C2CCC(C)C2)cc1C.Cc1cc(C2CCC(C)C2)cc(C)c1C.Cc1ccc(C2CCC(C)C2)cc1.Cc1ccc(C2CCC(C)C2)cc1.[CH3-].[CH3-].[CH3-].[CH3-].[CH3-].[CH3-].[CH3-].[CH3-].[Cl][Zr+2][Cl].[Cl][Zr+2][Cl].[Cl][Zr+2][Cl].[Cl][Zr+2][Cl]. The minimum atomic E-state index is -0.826. The number of aryl methyl sites for hydroxylation is 6. The van der Waals surface area contributed by atoms with Crippen molar-refractivity contribution in [3.63, 3.8) is 0 Å². The molecule has 8 aromatic carbocycles. The third-order valence-corrected chi connectivity index (χ3v) is 28.7. The normalized spacial score (nSPS) is 22.8. The number of hydrogen-bond acceptors (Lipinski definition) is 1. The molecule has 15 heteroatoms. The molecule has 0 bridgehead atoms. The van der Waals surface area contributed by atoms with E-state index in [1.165, 1.54) is 221 Å². The molecule has 16 atom stereocenters. The number of rotatable bonds is 9. The molecule has 8 aliphatic rings. The van der Waals surface area contributed by atoms with Gasteiger partial charge < -0.3 is 64.2 Å². The van der Waals surface area contributed by atoms with E-state index in [1.54, 1.807) is 47.1 Å². The van der Waals surface area contributed by atoms with Gasteiger partial charge >= 0.3 is 151 Å². The Balaban J connectivity index is -0.000000468. The molecular formula is C121H186Cl9FOZr4. The Morgan fingerprint density at radius 1 is 0.265 bits per heavy atom. The molecule has 0 spiro atoms. The molecule has 0 N–H and O–H groups in total. The zero-order chi connectivity index (χ0) is 94.1. The summed E-state index contributed by atoms with van der Waals surface area (Å²) in [7, 11) is 41.2. The molecule has 0 amide bonds. The standard InChI is InChI=1S/2C16H24.C15H22O.C15H22.2C13H18.C12H15Cl.C12H15F.CH4.8CH3.8ClH.4Zr/c2*1-12-5-6-14(11-12)13-7-9-15(10-8-13)16(2,3)4;1-10-5-6-13(7-10)14-8-11(2)15(16-4)12(3)9-14;1-10-5-6-14(7-10)15-8-11(2)13(4)12(3)9-15;2*1-10-3-6-12(7-4-10)13-8-5-11(2)9-13;2*1-9-2-3-11(8-9)10-4-6-12(13)7-5-10;;;;;;;;;;;;;;;;;;;;;/h2*7-10,12,14H,5-6,11H2,1-4H3;8-10,13H,5-7H2,1-4H3;8-10,14H,5-7H2,1-4H3;2*3-4,6-7,11,13H,5,8-9H2,1-2H3;2*4-7,9,11H,2-3,8H2,1H3;1H4;8*1H3;8*1H;;;;/q;;;;;;;;;8*-1;;;;;;;;;4*+4/p-8. The summed E-state index contributed by atoms with van der Waals surface area (Å²) >= 11 is 2.54. The van der Waals surface area contributed by atoms with Crippen LogP contribution < -0.4 is 4.74 Å². The first-order valence-corrected chi connectivity index (χ1v) is 73.4. The van der Waals surface area contributed by atoms with Crippen molar-refractivity contribution < 1.29 is 92.5 Å². The van der Waals surface area contributed by atoms with Gasteiger partial charge in [0.15, 0.2) is 0 Å². The molecular weight excluding hydrogens is 2170 g/mol. The van der Waals surface area contributed by atoms with Crippen LogP contribution in [0.4, 0.5) is 4.39 Å². The topological polar surface area (TPSA) is 9.23 Å². The van der Waals surface area contributed by atoms with Gasteiger partial charge in [-0.05, 0) is 364 Å². The second kappa shape index (κ2) is 77.1. The Kier molecular flexibility index (Phi) is 81.6. The van der Waals surface area contributed by atoms with Crippen LogP contribution in [-0.4, -0.2) is 7.11 Å². The summed E-state index contributed by atoms with van der Waals surface area (Å²) in [6, 6.07) is 61.6. The first kappa shape index (κ1) is 144. The quantitative estimate of drug-likeness (QED) is 0.131. The van der Waals surface area contributed by atoms with Crippen molar-refractivity contribution >= 4 is 79.7 Å². The van der Waals surface area contributed by atoms with E-state index in [1.807, 2.05) is 24.3 Å². The summed E-state index contributed by atoms with van der Waals surface area (Å²) in [4.78, 5) is 0. The molecule has 8 aromatic rings. The molecule has 136 heavy (non-hydrogen) atoms. The second-order valence-electron chi connectivity index (χ2n) is 41.3. The fraction of sp³-hybridized carbons (Fsp3) is 0.537. The van der Waals surface area contributed by atoms with Crippen molar-refractivity contribution in [1.82, 2.24) is 0 Å². The second-order valence-corrected chi connectivity index (χ2v) is 56.7. The number of benzene rings is 8. The van der Waals surface area contributed by atoms with Crippen molar-refractivity contribution in [3.8, 4) is 5.75 Å². The van der Waals surface area contributed by atoms with Crippen LogP contribution >= 0.6 is 79.7 Å². The van der Waals surface area contributed by atoms with Gasteiger partial charge in [0, 0.05) is 5.02 Å². The first-order valence-electron chi connectivity index (χ1n) is 47.7. The van der Waals surface area contributed by atoms with Gasteiger partial charge in [0.25, 0.3) is 0 Å². The Bertz CT molecular complexity index is 3910. The predicted molar refractivity (Wildman–Crippen MR) is 605 cm³/mol. The summed E-state index contributed by atoms with van der Waals surface area (Å²) in [5, 5.41) is 0.842.